The summed E-state index contributed by atoms with van der Waals surface area (Å²) in [6.45, 7) is -0.750. The van der Waals surface area contributed by atoms with Gasteiger partial charge < -0.3 is 10.1 Å². The highest BCUT2D eigenvalue weighted by atomic mass is 16.5. The summed E-state index contributed by atoms with van der Waals surface area (Å²) in [4.78, 5) is 49.2. The molecule has 0 unspecified atom stereocenters. The molecule has 1 aliphatic heterocycles. The lowest BCUT2D eigenvalue weighted by Crippen LogP contribution is -2.39. The lowest BCUT2D eigenvalue weighted by molar-refractivity contribution is -0.155. The molecular weight excluding hydrogens is 312 g/mol. The molecule has 0 aromatic rings. The molecule has 1 heterocycles. The highest BCUT2D eigenvalue weighted by molar-refractivity contribution is 6.07. The van der Waals surface area contributed by atoms with Crippen LogP contribution in [0.4, 0.5) is 0 Å². The Morgan fingerprint density at radius 2 is 1.50 bits per heavy atom. The van der Waals surface area contributed by atoms with E-state index >= 15 is 0 Å². The lowest BCUT2D eigenvalue weighted by atomic mass is 9.81. The molecule has 3 rings (SSSR count). The summed E-state index contributed by atoms with van der Waals surface area (Å²) in [6, 6.07) is 0.168. The third-order valence-electron chi connectivity index (χ3n) is 5.30. The fraction of sp³-hybridized carbons (Fsp3) is 0.765. The second-order valence-electron chi connectivity index (χ2n) is 6.97. The van der Waals surface area contributed by atoms with Gasteiger partial charge >= 0.3 is 5.97 Å². The maximum atomic E-state index is 12.3. The first-order valence-electron chi connectivity index (χ1n) is 8.86. The molecule has 2 saturated carbocycles. The number of esters is 1. The van der Waals surface area contributed by atoms with Gasteiger partial charge in [-0.3, -0.25) is 24.1 Å². The molecule has 2 atom stereocenters. The zero-order valence-corrected chi connectivity index (χ0v) is 13.8. The lowest BCUT2D eigenvalue weighted by Gasteiger charge is -2.19. The van der Waals surface area contributed by atoms with E-state index in [1.165, 1.54) is 0 Å². The van der Waals surface area contributed by atoms with Gasteiger partial charge in [-0.25, -0.2) is 0 Å². The normalized spacial score (nSPS) is 27.2. The Bertz CT molecular complexity index is 517. The number of ether oxygens (including phenoxy) is 1. The molecule has 1 N–H and O–H groups in total. The number of rotatable bonds is 5. The molecule has 0 spiro atoms. The van der Waals surface area contributed by atoms with Gasteiger partial charge in [0.15, 0.2) is 6.61 Å². The molecule has 7 heteroatoms. The van der Waals surface area contributed by atoms with Crippen molar-refractivity contribution in [3.63, 3.8) is 0 Å². The number of amides is 3. The minimum Gasteiger partial charge on any atom is -0.454 e. The summed E-state index contributed by atoms with van der Waals surface area (Å²) in [5.41, 5.74) is 0. The van der Waals surface area contributed by atoms with E-state index in [-0.39, 0.29) is 48.8 Å². The van der Waals surface area contributed by atoms with Crippen LogP contribution in [0.1, 0.15) is 51.4 Å². The fourth-order valence-electron chi connectivity index (χ4n) is 4.05. The predicted octanol–water partition coefficient (Wildman–Crippen LogP) is 0.764. The van der Waals surface area contributed by atoms with Gasteiger partial charge in [0.1, 0.15) is 6.54 Å². The van der Waals surface area contributed by atoms with Crippen molar-refractivity contribution in [2.75, 3.05) is 13.2 Å². The standard InChI is InChI=1S/C17H24N2O5/c20-14(18-11-5-1-2-6-11)10-24-15(21)9-19-16(22)12-7-3-4-8-13(12)17(19)23/h11-13H,1-10H2,(H,18,20)/t12-,13-/m0/s1. The minimum atomic E-state index is -0.711. The van der Waals surface area contributed by atoms with Gasteiger partial charge in [0, 0.05) is 6.04 Å². The van der Waals surface area contributed by atoms with E-state index in [1.54, 1.807) is 0 Å². The largest absolute Gasteiger partial charge is 0.454 e. The van der Waals surface area contributed by atoms with Crippen LogP contribution in [0.5, 0.6) is 0 Å². The van der Waals surface area contributed by atoms with Crippen molar-refractivity contribution in [2.45, 2.75) is 57.4 Å². The van der Waals surface area contributed by atoms with Crippen molar-refractivity contribution in [3.8, 4) is 0 Å². The van der Waals surface area contributed by atoms with Crippen LogP contribution < -0.4 is 5.32 Å². The smallest absolute Gasteiger partial charge is 0.326 e. The van der Waals surface area contributed by atoms with E-state index in [0.29, 0.717) is 12.8 Å². The summed E-state index contributed by atoms with van der Waals surface area (Å²) in [5.74, 6) is -2.12. The number of nitrogens with one attached hydrogen (secondary N) is 1. The Labute approximate surface area is 141 Å². The molecule has 0 bridgehead atoms. The summed E-state index contributed by atoms with van der Waals surface area (Å²) in [6.07, 6.45) is 7.44. The molecule has 0 aromatic carbocycles. The Balaban J connectivity index is 1.45. The van der Waals surface area contributed by atoms with Gasteiger partial charge in [0.25, 0.3) is 5.91 Å². The number of likely N-dealkylation sites (tertiary alicyclic amines) is 1. The van der Waals surface area contributed by atoms with Crippen molar-refractivity contribution < 1.29 is 23.9 Å². The second kappa shape index (κ2) is 7.32. The van der Waals surface area contributed by atoms with Crippen molar-refractivity contribution in [2.24, 2.45) is 11.8 Å². The minimum absolute atomic E-state index is 0.168. The molecule has 0 radical (unpaired) electrons. The van der Waals surface area contributed by atoms with Crippen molar-refractivity contribution in [3.05, 3.63) is 0 Å². The molecule has 3 amide bonds. The van der Waals surface area contributed by atoms with Crippen molar-refractivity contribution in [1.82, 2.24) is 10.2 Å². The Hall–Kier alpha value is -1.92. The maximum absolute atomic E-state index is 12.3. The third-order valence-corrected chi connectivity index (χ3v) is 5.30. The van der Waals surface area contributed by atoms with E-state index < -0.39 is 5.97 Å². The first-order chi connectivity index (χ1) is 11.6. The average molecular weight is 336 g/mol. The zero-order valence-electron chi connectivity index (χ0n) is 13.8. The number of hydrogen-bond donors (Lipinski definition) is 1. The van der Waals surface area contributed by atoms with Crippen LogP contribution in [0, 0.1) is 11.8 Å². The Kier molecular flexibility index (Phi) is 5.16. The highest BCUT2D eigenvalue weighted by Gasteiger charge is 2.48. The van der Waals surface area contributed by atoms with Gasteiger partial charge in [-0.05, 0) is 25.7 Å². The summed E-state index contributed by atoms with van der Waals surface area (Å²) in [7, 11) is 0. The van der Waals surface area contributed by atoms with Gasteiger partial charge in [0.2, 0.25) is 11.8 Å². The zero-order chi connectivity index (χ0) is 17.1. The molecule has 3 aliphatic rings. The number of hydrogen-bond acceptors (Lipinski definition) is 5. The molecule has 3 fully saturated rings. The summed E-state index contributed by atoms with van der Waals surface area (Å²) < 4.78 is 4.93. The van der Waals surface area contributed by atoms with Gasteiger partial charge in [-0.15, -0.1) is 0 Å². The Morgan fingerprint density at radius 3 is 2.08 bits per heavy atom. The van der Waals surface area contributed by atoms with Crippen LogP contribution in [0.25, 0.3) is 0 Å². The number of carbonyl (C=O) groups excluding carboxylic acids is 4. The number of carbonyl (C=O) groups is 4. The monoisotopic (exact) mass is 336 g/mol. The topological polar surface area (TPSA) is 92.8 Å². The van der Waals surface area contributed by atoms with Crippen LogP contribution in [-0.2, 0) is 23.9 Å². The van der Waals surface area contributed by atoms with E-state index in [4.69, 9.17) is 4.74 Å². The average Bonchev–Trinajstić information content (AvgIpc) is 3.16. The van der Waals surface area contributed by atoms with Gasteiger partial charge in [-0.2, -0.15) is 0 Å². The first-order valence-corrected chi connectivity index (χ1v) is 8.86. The van der Waals surface area contributed by atoms with Crippen LogP contribution in [0.15, 0.2) is 0 Å². The molecule has 132 valence electrons. The second-order valence-corrected chi connectivity index (χ2v) is 6.97. The molecular formula is C17H24N2O5. The first kappa shape index (κ1) is 16.9. The van der Waals surface area contributed by atoms with E-state index in [9.17, 15) is 19.2 Å². The van der Waals surface area contributed by atoms with Gasteiger partial charge in [0.05, 0.1) is 11.8 Å². The number of nitrogens with zero attached hydrogens (tertiary/aromatic N) is 1. The van der Waals surface area contributed by atoms with Crippen molar-refractivity contribution in [1.29, 1.82) is 0 Å². The summed E-state index contributed by atoms with van der Waals surface area (Å²) in [5, 5.41) is 2.82. The SMILES string of the molecule is O=C(COC(=O)CN1C(=O)[C@H]2CCCC[C@@H]2C1=O)NC1CCCC1. The van der Waals surface area contributed by atoms with E-state index in [1.807, 2.05) is 0 Å². The third kappa shape index (κ3) is 3.60. The maximum Gasteiger partial charge on any atom is 0.326 e. The molecule has 7 nitrogen and oxygen atoms in total. The van der Waals surface area contributed by atoms with E-state index in [0.717, 1.165) is 43.4 Å². The number of fused-ring (bicyclic) bond motifs is 1. The highest BCUT2D eigenvalue weighted by Crippen LogP contribution is 2.37. The van der Waals surface area contributed by atoms with Crippen LogP contribution in [0.2, 0.25) is 0 Å². The molecule has 1 saturated heterocycles. The van der Waals surface area contributed by atoms with Crippen LogP contribution >= 0.6 is 0 Å². The molecule has 0 aromatic heterocycles. The van der Waals surface area contributed by atoms with Gasteiger partial charge in [-0.1, -0.05) is 25.7 Å². The van der Waals surface area contributed by atoms with Crippen molar-refractivity contribution >= 4 is 23.7 Å². The van der Waals surface area contributed by atoms with E-state index in [2.05, 4.69) is 5.32 Å². The predicted molar refractivity (Wildman–Crippen MR) is 83.5 cm³/mol. The quantitative estimate of drug-likeness (QED) is 0.591. The summed E-state index contributed by atoms with van der Waals surface area (Å²) >= 11 is 0. The Morgan fingerprint density at radius 1 is 0.958 bits per heavy atom. The van der Waals surface area contributed by atoms with Crippen LogP contribution in [-0.4, -0.2) is 47.8 Å². The fourth-order valence-corrected chi connectivity index (χ4v) is 4.05. The molecule has 2 aliphatic carbocycles. The molecule has 24 heavy (non-hydrogen) atoms. The van der Waals surface area contributed by atoms with Crippen LogP contribution in [0.3, 0.4) is 0 Å². The number of imide groups is 1.